The van der Waals surface area contributed by atoms with Gasteiger partial charge in [-0.3, -0.25) is 4.79 Å². The number of nitrogens with one attached hydrogen (secondary N) is 2. The van der Waals surface area contributed by atoms with Crippen molar-refractivity contribution in [2.45, 2.75) is 46.7 Å². The zero-order valence-corrected chi connectivity index (χ0v) is 18.1. The Labute approximate surface area is 172 Å². The molecule has 3 rings (SSSR count). The molecular formula is C24H30N4O. The number of rotatable bonds is 5. The van der Waals surface area contributed by atoms with Gasteiger partial charge >= 0.3 is 0 Å². The summed E-state index contributed by atoms with van der Waals surface area (Å²) in [4.78, 5) is 14.4. The maximum Gasteiger partial charge on any atom is 0.253 e. The summed E-state index contributed by atoms with van der Waals surface area (Å²) < 4.78 is 1.61. The molecule has 1 aromatic carbocycles. The van der Waals surface area contributed by atoms with Crippen molar-refractivity contribution in [3.8, 4) is 0 Å². The number of benzene rings is 1. The van der Waals surface area contributed by atoms with Crippen LogP contribution < -0.4 is 15.8 Å². The highest BCUT2D eigenvalue weighted by Crippen LogP contribution is 2.45. The highest BCUT2D eigenvalue weighted by molar-refractivity contribution is 6.01. The van der Waals surface area contributed by atoms with E-state index in [0.717, 1.165) is 28.2 Å². The fourth-order valence-electron chi connectivity index (χ4n) is 3.90. The number of hydrogen-bond acceptors (Lipinski definition) is 4. The maximum atomic E-state index is 12.3. The summed E-state index contributed by atoms with van der Waals surface area (Å²) in [6, 6.07) is 10.3. The Morgan fingerprint density at radius 1 is 1.21 bits per heavy atom. The van der Waals surface area contributed by atoms with Crippen LogP contribution in [-0.2, 0) is 7.05 Å². The minimum Gasteiger partial charge on any atom is -0.381 e. The smallest absolute Gasteiger partial charge is 0.253 e. The topological polar surface area (TPSA) is 61.1 Å². The molecule has 0 amide bonds. The molecule has 1 unspecified atom stereocenters. The van der Waals surface area contributed by atoms with Gasteiger partial charge in [-0.05, 0) is 46.2 Å². The molecule has 0 radical (unpaired) electrons. The van der Waals surface area contributed by atoms with Crippen LogP contribution in [0, 0.1) is 19.3 Å². The highest BCUT2D eigenvalue weighted by atomic mass is 16.1. The van der Waals surface area contributed by atoms with Gasteiger partial charge in [0.05, 0.1) is 23.1 Å². The van der Waals surface area contributed by atoms with Crippen LogP contribution in [0.3, 0.4) is 0 Å². The van der Waals surface area contributed by atoms with Gasteiger partial charge in [0.1, 0.15) is 0 Å². The Balaban J connectivity index is 2.26. The molecule has 152 valence electrons. The van der Waals surface area contributed by atoms with Crippen LogP contribution >= 0.6 is 0 Å². The SMILES string of the molecule is C=C1C(NC(C)C)=C(C(C)=N)C(c2ccc(C)cc2)N1c1cc(C)c(=O)n(C)c1. The first-order chi connectivity index (χ1) is 13.6. The van der Waals surface area contributed by atoms with Gasteiger partial charge in [-0.2, -0.15) is 0 Å². The molecule has 2 aromatic rings. The molecule has 1 aliphatic rings. The molecule has 1 aliphatic heterocycles. The predicted octanol–water partition coefficient (Wildman–Crippen LogP) is 4.37. The molecule has 0 saturated carbocycles. The lowest BCUT2D eigenvalue weighted by Gasteiger charge is -2.30. The van der Waals surface area contributed by atoms with E-state index in [0.29, 0.717) is 11.3 Å². The van der Waals surface area contributed by atoms with Gasteiger partial charge in [-0.15, -0.1) is 0 Å². The van der Waals surface area contributed by atoms with Gasteiger partial charge < -0.3 is 20.2 Å². The molecule has 0 fully saturated rings. The Kier molecular flexibility index (Phi) is 5.51. The molecule has 1 atom stereocenters. The van der Waals surface area contributed by atoms with Crippen molar-refractivity contribution in [3.05, 3.63) is 87.1 Å². The van der Waals surface area contributed by atoms with Gasteiger partial charge in [-0.25, -0.2) is 0 Å². The third-order valence-corrected chi connectivity index (χ3v) is 5.24. The monoisotopic (exact) mass is 390 g/mol. The average molecular weight is 391 g/mol. The largest absolute Gasteiger partial charge is 0.381 e. The van der Waals surface area contributed by atoms with Crippen LogP contribution in [0.25, 0.3) is 0 Å². The number of anilines is 1. The Bertz CT molecular complexity index is 1030. The van der Waals surface area contributed by atoms with Crippen LogP contribution in [0.4, 0.5) is 5.69 Å². The summed E-state index contributed by atoms with van der Waals surface area (Å²) in [6.07, 6.45) is 1.84. The molecule has 5 heteroatoms. The van der Waals surface area contributed by atoms with Gasteiger partial charge in [0.25, 0.3) is 5.56 Å². The Hall–Kier alpha value is -3.08. The third kappa shape index (κ3) is 3.77. The van der Waals surface area contributed by atoms with Crippen molar-refractivity contribution in [2.75, 3.05) is 4.90 Å². The van der Waals surface area contributed by atoms with E-state index in [1.54, 1.807) is 11.6 Å². The fraction of sp³-hybridized carbons (Fsp3) is 0.333. The zero-order chi connectivity index (χ0) is 21.5. The van der Waals surface area contributed by atoms with E-state index in [2.05, 4.69) is 61.8 Å². The minimum absolute atomic E-state index is 0.0117. The molecule has 0 aliphatic carbocycles. The Morgan fingerprint density at radius 3 is 2.34 bits per heavy atom. The molecular weight excluding hydrogens is 360 g/mol. The molecule has 0 spiro atoms. The number of aromatic nitrogens is 1. The van der Waals surface area contributed by atoms with Crippen LogP contribution in [-0.4, -0.2) is 16.3 Å². The number of pyridine rings is 1. The lowest BCUT2D eigenvalue weighted by atomic mass is 9.95. The van der Waals surface area contributed by atoms with E-state index < -0.39 is 0 Å². The summed E-state index contributed by atoms with van der Waals surface area (Å²) in [5.74, 6) is 0. The number of hydrogen-bond donors (Lipinski definition) is 2. The van der Waals surface area contributed by atoms with E-state index in [1.807, 2.05) is 26.1 Å². The van der Waals surface area contributed by atoms with E-state index in [4.69, 9.17) is 5.41 Å². The summed E-state index contributed by atoms with van der Waals surface area (Å²) in [5.41, 5.74) is 6.95. The van der Waals surface area contributed by atoms with E-state index in [1.165, 1.54) is 5.56 Å². The van der Waals surface area contributed by atoms with Crippen LogP contribution in [0.2, 0.25) is 0 Å². The molecule has 0 bridgehead atoms. The normalized spacial score (nSPS) is 16.7. The first-order valence-corrected chi connectivity index (χ1v) is 9.90. The van der Waals surface area contributed by atoms with Crippen LogP contribution in [0.5, 0.6) is 0 Å². The van der Waals surface area contributed by atoms with Crippen LogP contribution in [0.15, 0.2) is 64.9 Å². The van der Waals surface area contributed by atoms with E-state index in [9.17, 15) is 4.79 Å². The predicted molar refractivity (Wildman–Crippen MR) is 121 cm³/mol. The molecule has 29 heavy (non-hydrogen) atoms. The highest BCUT2D eigenvalue weighted by Gasteiger charge is 2.38. The average Bonchev–Trinajstić information content (AvgIpc) is 2.92. The molecule has 1 aromatic heterocycles. The van der Waals surface area contributed by atoms with E-state index >= 15 is 0 Å². The minimum atomic E-state index is -0.182. The van der Waals surface area contributed by atoms with Crippen molar-refractivity contribution in [1.82, 2.24) is 9.88 Å². The molecule has 2 N–H and O–H groups in total. The maximum absolute atomic E-state index is 12.3. The second kappa shape index (κ2) is 7.74. The van der Waals surface area contributed by atoms with Gasteiger partial charge in [0.2, 0.25) is 0 Å². The quantitative estimate of drug-likeness (QED) is 0.746. The third-order valence-electron chi connectivity index (χ3n) is 5.24. The van der Waals surface area contributed by atoms with Gasteiger partial charge in [0.15, 0.2) is 0 Å². The summed E-state index contributed by atoms with van der Waals surface area (Å²) in [5, 5.41) is 12.0. The van der Waals surface area contributed by atoms with Gasteiger partial charge in [-0.1, -0.05) is 36.4 Å². The van der Waals surface area contributed by atoms with Crippen molar-refractivity contribution in [2.24, 2.45) is 7.05 Å². The van der Waals surface area contributed by atoms with Crippen molar-refractivity contribution in [3.63, 3.8) is 0 Å². The summed E-state index contributed by atoms with van der Waals surface area (Å²) >= 11 is 0. The fourth-order valence-corrected chi connectivity index (χ4v) is 3.90. The molecule has 0 saturated heterocycles. The lowest BCUT2D eigenvalue weighted by Crippen LogP contribution is -2.29. The lowest BCUT2D eigenvalue weighted by molar-refractivity contribution is 0.675. The number of nitrogens with zero attached hydrogens (tertiary/aromatic N) is 2. The van der Waals surface area contributed by atoms with Crippen molar-refractivity contribution in [1.29, 1.82) is 5.41 Å². The van der Waals surface area contributed by atoms with Crippen molar-refractivity contribution < 1.29 is 0 Å². The molecule has 2 heterocycles. The second-order valence-corrected chi connectivity index (χ2v) is 8.14. The summed E-state index contributed by atoms with van der Waals surface area (Å²) in [7, 11) is 1.77. The Morgan fingerprint density at radius 2 is 1.83 bits per heavy atom. The molecule has 5 nitrogen and oxygen atoms in total. The van der Waals surface area contributed by atoms with Crippen LogP contribution in [0.1, 0.15) is 43.5 Å². The zero-order valence-electron chi connectivity index (χ0n) is 18.1. The number of aryl methyl sites for hydroxylation is 3. The first kappa shape index (κ1) is 20.6. The summed E-state index contributed by atoms with van der Waals surface area (Å²) in [6.45, 7) is 14.3. The standard InChI is InChI=1S/C24H30N4O/c1-14(2)26-22-18(6)28(20-12-16(4)24(29)27(7)13-20)23(21(22)17(5)25)19-10-8-15(3)9-11-19/h8-14,23,25-26H,6H2,1-5,7H3. The second-order valence-electron chi connectivity index (χ2n) is 8.14. The van der Waals surface area contributed by atoms with Gasteiger partial charge in [0, 0.05) is 36.1 Å². The van der Waals surface area contributed by atoms with E-state index in [-0.39, 0.29) is 17.6 Å². The van der Waals surface area contributed by atoms with Crippen molar-refractivity contribution >= 4 is 11.4 Å². The first-order valence-electron chi connectivity index (χ1n) is 9.90.